The first-order chi connectivity index (χ1) is 39.4. The van der Waals surface area contributed by atoms with Gasteiger partial charge in [-0.3, -0.25) is 62.3 Å². The van der Waals surface area contributed by atoms with Gasteiger partial charge in [0.15, 0.2) is 0 Å². The van der Waals surface area contributed by atoms with Crippen LogP contribution in [0.2, 0.25) is 0 Å². The molecule has 31 nitrogen and oxygen atoms in total. The maximum atomic E-state index is 13.1. The Bertz CT molecular complexity index is 1930. The van der Waals surface area contributed by atoms with E-state index in [9.17, 15) is 62.3 Å². The minimum absolute atomic E-state index is 0.0254. The van der Waals surface area contributed by atoms with Crippen molar-refractivity contribution in [2.45, 2.75) is 153 Å². The van der Waals surface area contributed by atoms with Crippen molar-refractivity contribution in [3.63, 3.8) is 0 Å². The van der Waals surface area contributed by atoms with Crippen LogP contribution in [0, 0.1) is 0 Å². The summed E-state index contributed by atoms with van der Waals surface area (Å²) in [4.78, 5) is 158. The van der Waals surface area contributed by atoms with Crippen LogP contribution in [0.1, 0.15) is 123 Å². The SMILES string of the molecule is CNC(CCCCNC(=O)CN(CC(=O)NCCCCC(NC)C(N)=O)C(=O)CCN)C(N)=O.CNC(CCCCNC(=O)CN(CC(=O)NCCCCC(NC)C(N)=O)C(=O)CCNC(=O)[C@H](CCCCNC(C)=O)NC(C)=O)C(N)=O. The van der Waals surface area contributed by atoms with Gasteiger partial charge in [-0.05, 0) is 125 Å². The maximum absolute atomic E-state index is 13.1. The topological polar surface area (TPSA) is 491 Å². The molecule has 0 fully saturated rings. The lowest BCUT2D eigenvalue weighted by Crippen LogP contribution is -2.48. The molecule has 0 saturated heterocycles. The van der Waals surface area contributed by atoms with Gasteiger partial charge < -0.3 is 97.0 Å². The van der Waals surface area contributed by atoms with Gasteiger partial charge in [-0.2, -0.15) is 0 Å². The third-order valence-corrected chi connectivity index (χ3v) is 12.8. The molecule has 0 saturated carbocycles. The number of hydrogen-bond acceptors (Lipinski definition) is 18. The Balaban J connectivity index is 0. The summed E-state index contributed by atoms with van der Waals surface area (Å²) in [6, 6.07) is -2.60. The highest BCUT2D eigenvalue weighted by Gasteiger charge is 2.24. The van der Waals surface area contributed by atoms with Crippen molar-refractivity contribution in [2.75, 3.05) is 100 Å². The lowest BCUT2D eigenvalue weighted by molar-refractivity contribution is -0.139. The molecule has 0 rings (SSSR count). The average Bonchev–Trinajstić information content (AvgIpc) is 3.42. The first-order valence-corrected chi connectivity index (χ1v) is 28.3. The summed E-state index contributed by atoms with van der Waals surface area (Å²) < 4.78 is 0. The molecule has 0 spiro atoms. The zero-order valence-corrected chi connectivity index (χ0v) is 49.8. The number of nitrogens with two attached hydrogens (primary N) is 5. The van der Waals surface area contributed by atoms with Gasteiger partial charge in [-0.15, -0.1) is 0 Å². The molecule has 0 heterocycles. The van der Waals surface area contributed by atoms with Crippen molar-refractivity contribution in [1.82, 2.24) is 68.3 Å². The van der Waals surface area contributed by atoms with Crippen molar-refractivity contribution in [1.29, 1.82) is 0 Å². The molecule has 5 atom stereocenters. The molecule has 476 valence electrons. The van der Waals surface area contributed by atoms with Crippen LogP contribution >= 0.6 is 0 Å². The van der Waals surface area contributed by atoms with E-state index in [1.54, 1.807) is 28.2 Å². The number of hydrogen-bond donors (Lipinski definition) is 16. The molecule has 83 heavy (non-hydrogen) atoms. The number of amides is 13. The molecule has 0 aliphatic heterocycles. The Kier molecular flexibility index (Phi) is 45.5. The summed E-state index contributed by atoms with van der Waals surface area (Å²) in [6.45, 7) is 3.15. The minimum atomic E-state index is -0.838. The Labute approximate surface area is 488 Å². The smallest absolute Gasteiger partial charge is 0.242 e. The Morgan fingerprint density at radius 1 is 0.349 bits per heavy atom. The Morgan fingerprint density at radius 2 is 0.627 bits per heavy atom. The van der Waals surface area contributed by atoms with E-state index in [0.29, 0.717) is 116 Å². The Morgan fingerprint density at radius 3 is 0.880 bits per heavy atom. The predicted octanol–water partition coefficient (Wildman–Crippen LogP) is -6.26. The lowest BCUT2D eigenvalue weighted by atomic mass is 10.1. The van der Waals surface area contributed by atoms with Crippen molar-refractivity contribution in [2.24, 2.45) is 28.7 Å². The molecule has 0 aromatic heterocycles. The monoisotopic (exact) mass is 1180 g/mol. The van der Waals surface area contributed by atoms with Crippen LogP contribution in [0.5, 0.6) is 0 Å². The van der Waals surface area contributed by atoms with Crippen LogP contribution < -0.4 is 87.2 Å². The quantitative estimate of drug-likeness (QED) is 0.0252. The largest absolute Gasteiger partial charge is 0.368 e. The fourth-order valence-electron chi connectivity index (χ4n) is 8.01. The van der Waals surface area contributed by atoms with Crippen LogP contribution in [0.4, 0.5) is 0 Å². The summed E-state index contributed by atoms with van der Waals surface area (Å²) in [7, 11) is 6.58. The van der Waals surface area contributed by atoms with E-state index in [4.69, 9.17) is 28.7 Å². The number of rotatable bonds is 48. The zero-order chi connectivity index (χ0) is 63.1. The van der Waals surface area contributed by atoms with E-state index < -0.39 is 96.5 Å². The van der Waals surface area contributed by atoms with E-state index in [0.717, 1.165) is 4.90 Å². The highest BCUT2D eigenvalue weighted by atomic mass is 16.2. The molecule has 31 heteroatoms. The fraction of sp³-hybridized carbons (Fsp3) is 0.750. The van der Waals surface area contributed by atoms with Crippen molar-refractivity contribution >= 4 is 76.8 Å². The second kappa shape index (κ2) is 48.4. The van der Waals surface area contributed by atoms with E-state index in [1.165, 1.54) is 18.7 Å². The standard InChI is InChI=1S/C31H58N10O8.C21H42N8O5/c1-21(42)36-15-8-7-13-25(40-22(2)43)31(49)39-18-14-28(46)41(19-26(44)37-16-9-5-11-23(34-3)29(32)47)20-27(45)38-17-10-6-12-24(35-4)30(33)48;1-25-15(20(23)33)7-3-5-11-27-17(30)13-29(19(32)9-10-22)14-18(31)28-12-6-4-8-16(26-2)21(24)34/h23-25,34-35H,5-20H2,1-4H3,(H2,32,47)(H2,33,48)(H,36,42)(H,37,44)(H,38,45)(H,39,49)(H,40,43);15-16,25-26H,3-14,22H2,1-2H3,(H2,23,33)(H2,24,34)(H,27,30)(H,28,31)/t23?,24?,25-;/m0./s1. The van der Waals surface area contributed by atoms with Crippen molar-refractivity contribution < 1.29 is 62.3 Å². The summed E-state index contributed by atoms with van der Waals surface area (Å²) >= 11 is 0. The van der Waals surface area contributed by atoms with E-state index in [2.05, 4.69) is 58.5 Å². The minimum Gasteiger partial charge on any atom is -0.368 e. The number of unbranched alkanes of at least 4 members (excludes halogenated alkanes) is 5. The van der Waals surface area contributed by atoms with Gasteiger partial charge in [0.25, 0.3) is 0 Å². The van der Waals surface area contributed by atoms with Crippen LogP contribution in [0.3, 0.4) is 0 Å². The van der Waals surface area contributed by atoms with Crippen molar-refractivity contribution in [3.8, 4) is 0 Å². The van der Waals surface area contributed by atoms with Crippen molar-refractivity contribution in [3.05, 3.63) is 0 Å². The fourth-order valence-corrected chi connectivity index (χ4v) is 8.01. The summed E-state index contributed by atoms with van der Waals surface area (Å²) in [5, 5.41) is 30.0. The van der Waals surface area contributed by atoms with Gasteiger partial charge >= 0.3 is 0 Å². The first-order valence-electron chi connectivity index (χ1n) is 28.3. The number of carbonyl (C=O) groups is 13. The van der Waals surface area contributed by atoms with Crippen LogP contribution in [0.25, 0.3) is 0 Å². The summed E-state index contributed by atoms with van der Waals surface area (Å²) in [6.07, 6.45) is 8.39. The number of nitrogens with zero attached hydrogens (tertiary/aromatic N) is 2. The Hall–Kier alpha value is -7.09. The van der Waals surface area contributed by atoms with Gasteiger partial charge in [-0.25, -0.2) is 0 Å². The molecule has 21 N–H and O–H groups in total. The highest BCUT2D eigenvalue weighted by Crippen LogP contribution is 2.06. The molecular formula is C52H100N18O13. The molecule has 0 aliphatic carbocycles. The van der Waals surface area contributed by atoms with Crippen LogP contribution in [-0.2, 0) is 62.3 Å². The second-order valence-electron chi connectivity index (χ2n) is 19.7. The van der Waals surface area contributed by atoms with Gasteiger partial charge in [-0.1, -0.05) is 0 Å². The van der Waals surface area contributed by atoms with E-state index in [-0.39, 0.29) is 75.7 Å². The third-order valence-electron chi connectivity index (χ3n) is 12.8. The predicted molar refractivity (Wildman–Crippen MR) is 310 cm³/mol. The number of nitrogens with one attached hydrogen (secondary N) is 11. The van der Waals surface area contributed by atoms with Gasteiger partial charge in [0.1, 0.15) is 32.2 Å². The summed E-state index contributed by atoms with van der Waals surface area (Å²) in [5.74, 6) is -5.50. The van der Waals surface area contributed by atoms with Gasteiger partial charge in [0, 0.05) is 72.5 Å². The number of carbonyl (C=O) groups excluding carboxylic acids is 13. The molecule has 0 aromatic carbocycles. The molecular weight excluding hydrogens is 1080 g/mol. The summed E-state index contributed by atoms with van der Waals surface area (Å²) in [5.41, 5.74) is 26.6. The zero-order valence-electron chi connectivity index (χ0n) is 49.8. The number of primary amides is 4. The first kappa shape index (κ1) is 78.0. The molecule has 0 bridgehead atoms. The molecule has 0 aromatic rings. The lowest BCUT2D eigenvalue weighted by Gasteiger charge is -2.23. The normalized spacial score (nSPS) is 12.5. The van der Waals surface area contributed by atoms with Gasteiger partial charge in [0.05, 0.1) is 24.2 Å². The average molecular weight is 1190 g/mol. The molecule has 0 aliphatic rings. The molecule has 0 radical (unpaired) electrons. The highest BCUT2D eigenvalue weighted by molar-refractivity contribution is 5.91. The molecule has 13 amide bonds. The van der Waals surface area contributed by atoms with E-state index >= 15 is 0 Å². The van der Waals surface area contributed by atoms with Crippen LogP contribution in [0.15, 0.2) is 0 Å². The molecule has 4 unspecified atom stereocenters. The second-order valence-corrected chi connectivity index (χ2v) is 19.7. The number of likely N-dealkylation sites (N-methyl/N-ethyl adjacent to an activating group) is 4. The van der Waals surface area contributed by atoms with Crippen LogP contribution in [-0.4, -0.2) is 217 Å². The third kappa shape index (κ3) is 41.5. The van der Waals surface area contributed by atoms with Gasteiger partial charge in [0.2, 0.25) is 76.8 Å². The van der Waals surface area contributed by atoms with E-state index in [1.807, 2.05) is 0 Å². The maximum Gasteiger partial charge on any atom is 0.242 e.